The summed E-state index contributed by atoms with van der Waals surface area (Å²) in [4.78, 5) is 0. The van der Waals surface area contributed by atoms with E-state index in [1.165, 1.54) is 27.1 Å². The molecular formula is C30H18Cl2N2O. The third-order valence-corrected chi connectivity index (χ3v) is 6.74. The van der Waals surface area contributed by atoms with Crippen LogP contribution in [0, 0.1) is 0 Å². The molecule has 5 heteroatoms. The van der Waals surface area contributed by atoms with Crippen molar-refractivity contribution < 1.29 is 4.42 Å². The molecule has 168 valence electrons. The molecule has 0 aliphatic heterocycles. The van der Waals surface area contributed by atoms with Crippen molar-refractivity contribution in [2.45, 2.75) is 0 Å². The van der Waals surface area contributed by atoms with E-state index in [0.29, 0.717) is 21.8 Å². The molecule has 0 amide bonds. The first-order valence-corrected chi connectivity index (χ1v) is 11.9. The molecule has 0 unspecified atom stereocenters. The molecule has 0 aliphatic carbocycles. The van der Waals surface area contributed by atoms with Crippen LogP contribution in [0.1, 0.15) is 11.1 Å². The van der Waals surface area contributed by atoms with Gasteiger partial charge in [-0.15, -0.1) is 10.2 Å². The van der Waals surface area contributed by atoms with Gasteiger partial charge in [-0.3, -0.25) is 0 Å². The van der Waals surface area contributed by atoms with E-state index in [4.69, 9.17) is 27.6 Å². The number of halogens is 2. The van der Waals surface area contributed by atoms with Crippen molar-refractivity contribution in [3.8, 4) is 22.9 Å². The Morgan fingerprint density at radius 1 is 0.571 bits per heavy atom. The molecule has 0 radical (unpaired) electrons. The first-order chi connectivity index (χ1) is 17.2. The smallest absolute Gasteiger partial charge is 0.248 e. The van der Waals surface area contributed by atoms with Gasteiger partial charge in [0.15, 0.2) is 0 Å². The number of hydrogen-bond acceptors (Lipinski definition) is 3. The Labute approximate surface area is 212 Å². The molecule has 0 saturated carbocycles. The van der Waals surface area contributed by atoms with Crippen molar-refractivity contribution >= 4 is 56.9 Å². The van der Waals surface area contributed by atoms with Crippen LogP contribution in [0.4, 0.5) is 0 Å². The van der Waals surface area contributed by atoms with Crippen LogP contribution >= 0.6 is 23.2 Å². The van der Waals surface area contributed by atoms with E-state index in [2.05, 4.69) is 76.9 Å². The van der Waals surface area contributed by atoms with Gasteiger partial charge in [-0.25, -0.2) is 0 Å². The van der Waals surface area contributed by atoms with Gasteiger partial charge in [0.25, 0.3) is 0 Å². The minimum atomic E-state index is 0.394. The molecule has 0 fully saturated rings. The average molecular weight is 493 g/mol. The van der Waals surface area contributed by atoms with Crippen molar-refractivity contribution in [3.63, 3.8) is 0 Å². The van der Waals surface area contributed by atoms with E-state index < -0.39 is 0 Å². The molecule has 0 N–H and O–H groups in total. The molecule has 1 heterocycles. The quantitative estimate of drug-likeness (QED) is 0.182. The lowest BCUT2D eigenvalue weighted by Crippen LogP contribution is -1.83. The van der Waals surface area contributed by atoms with Gasteiger partial charge in [0.2, 0.25) is 11.8 Å². The molecule has 0 atom stereocenters. The molecule has 3 nitrogen and oxygen atoms in total. The molecule has 6 rings (SSSR count). The van der Waals surface area contributed by atoms with Crippen molar-refractivity contribution in [1.29, 1.82) is 0 Å². The van der Waals surface area contributed by atoms with Crippen LogP contribution in [0.25, 0.3) is 56.6 Å². The zero-order valence-corrected chi connectivity index (χ0v) is 20.0. The van der Waals surface area contributed by atoms with Crippen LogP contribution < -0.4 is 0 Å². The van der Waals surface area contributed by atoms with E-state index in [9.17, 15) is 0 Å². The van der Waals surface area contributed by atoms with Gasteiger partial charge in [-0.1, -0.05) is 96.0 Å². The second-order valence-corrected chi connectivity index (χ2v) is 9.04. The molecule has 0 aliphatic rings. The summed E-state index contributed by atoms with van der Waals surface area (Å²) in [6.45, 7) is 0. The average Bonchev–Trinajstić information content (AvgIpc) is 3.39. The van der Waals surface area contributed by atoms with E-state index in [1.54, 1.807) is 18.2 Å². The summed E-state index contributed by atoms with van der Waals surface area (Å²) in [5.41, 5.74) is 3.86. The van der Waals surface area contributed by atoms with Crippen molar-refractivity contribution in [3.05, 3.63) is 118 Å². The third kappa shape index (κ3) is 4.21. The van der Waals surface area contributed by atoms with Crippen LogP contribution in [0.15, 0.2) is 101 Å². The normalized spacial score (nSPS) is 11.6. The maximum Gasteiger partial charge on any atom is 0.248 e. The maximum absolute atomic E-state index is 6.11. The minimum absolute atomic E-state index is 0.394. The lowest BCUT2D eigenvalue weighted by atomic mass is 9.96. The van der Waals surface area contributed by atoms with E-state index in [0.717, 1.165) is 16.7 Å². The minimum Gasteiger partial charge on any atom is -0.416 e. The fourth-order valence-corrected chi connectivity index (χ4v) is 4.53. The first-order valence-electron chi connectivity index (χ1n) is 11.1. The Bertz CT molecular complexity index is 1660. The van der Waals surface area contributed by atoms with Gasteiger partial charge in [0.1, 0.15) is 0 Å². The van der Waals surface area contributed by atoms with Crippen LogP contribution in [0.3, 0.4) is 0 Å². The molecule has 0 spiro atoms. The van der Waals surface area contributed by atoms with Crippen LogP contribution in [-0.2, 0) is 0 Å². The Morgan fingerprint density at radius 3 is 1.83 bits per heavy atom. The second kappa shape index (κ2) is 9.03. The fourth-order valence-electron chi connectivity index (χ4n) is 4.23. The lowest BCUT2D eigenvalue weighted by Gasteiger charge is -2.08. The zero-order chi connectivity index (χ0) is 23.8. The second-order valence-electron chi connectivity index (χ2n) is 8.23. The third-order valence-electron chi connectivity index (χ3n) is 6.00. The van der Waals surface area contributed by atoms with Gasteiger partial charge in [-0.2, -0.15) is 0 Å². The highest BCUT2D eigenvalue weighted by atomic mass is 35.5. The molecule has 0 saturated heterocycles. The Morgan fingerprint density at radius 2 is 1.17 bits per heavy atom. The number of nitrogens with zero attached hydrogens (tertiary/aromatic N) is 2. The zero-order valence-electron chi connectivity index (χ0n) is 18.5. The summed E-state index contributed by atoms with van der Waals surface area (Å²) >= 11 is 12.1. The molecular weight excluding hydrogens is 475 g/mol. The van der Waals surface area contributed by atoms with Crippen molar-refractivity contribution in [1.82, 2.24) is 10.2 Å². The largest absolute Gasteiger partial charge is 0.416 e. The van der Waals surface area contributed by atoms with Gasteiger partial charge in [0, 0.05) is 11.1 Å². The topological polar surface area (TPSA) is 38.9 Å². The van der Waals surface area contributed by atoms with Crippen molar-refractivity contribution in [2.24, 2.45) is 0 Å². The molecule has 35 heavy (non-hydrogen) atoms. The van der Waals surface area contributed by atoms with E-state index in [1.807, 2.05) is 24.3 Å². The van der Waals surface area contributed by atoms with Crippen LogP contribution in [0.5, 0.6) is 0 Å². The maximum atomic E-state index is 6.11. The number of fused-ring (bicyclic) bond motifs is 2. The van der Waals surface area contributed by atoms with Crippen molar-refractivity contribution in [2.75, 3.05) is 0 Å². The van der Waals surface area contributed by atoms with Gasteiger partial charge in [0.05, 0.1) is 10.0 Å². The monoisotopic (exact) mass is 492 g/mol. The first kappa shape index (κ1) is 21.6. The summed E-state index contributed by atoms with van der Waals surface area (Å²) < 4.78 is 5.87. The molecule has 5 aromatic carbocycles. The number of benzene rings is 5. The van der Waals surface area contributed by atoms with E-state index in [-0.39, 0.29) is 0 Å². The Hall–Kier alpha value is -3.92. The Kier molecular flexibility index (Phi) is 5.57. The summed E-state index contributed by atoms with van der Waals surface area (Å²) in [5.74, 6) is 0.840. The summed E-state index contributed by atoms with van der Waals surface area (Å²) in [5, 5.41) is 14.2. The molecule has 6 aromatic rings. The number of hydrogen-bond donors (Lipinski definition) is 0. The highest BCUT2D eigenvalue weighted by Crippen LogP contribution is 2.31. The standard InChI is InChI=1S/C30H18Cl2N2O/c31-27-16-14-23(18-28(27)32)30-34-33-29(35-30)20-12-9-19(10-13-20)11-15-26-24-7-3-1-5-21(24)17-22-6-2-4-8-25(22)26/h1-18H/b15-11+. The SMILES string of the molecule is Clc1ccc(-c2nnc(-c3ccc(/C=C/c4c5ccccc5cc5ccccc45)cc3)o2)cc1Cl. The van der Waals surface area contributed by atoms with Gasteiger partial charge < -0.3 is 4.42 Å². The van der Waals surface area contributed by atoms with Crippen LogP contribution in [0.2, 0.25) is 10.0 Å². The fraction of sp³-hybridized carbons (Fsp3) is 0. The molecule has 0 bridgehead atoms. The van der Waals surface area contributed by atoms with E-state index >= 15 is 0 Å². The number of rotatable bonds is 4. The summed E-state index contributed by atoms with van der Waals surface area (Å²) in [6.07, 6.45) is 4.32. The summed E-state index contributed by atoms with van der Waals surface area (Å²) in [7, 11) is 0. The predicted molar refractivity (Wildman–Crippen MR) is 146 cm³/mol. The summed E-state index contributed by atoms with van der Waals surface area (Å²) in [6, 6.07) is 32.5. The Balaban J connectivity index is 1.30. The van der Waals surface area contributed by atoms with Crippen LogP contribution in [-0.4, -0.2) is 10.2 Å². The molecule has 1 aromatic heterocycles. The highest BCUT2D eigenvalue weighted by Gasteiger charge is 2.12. The van der Waals surface area contributed by atoms with Gasteiger partial charge >= 0.3 is 0 Å². The highest BCUT2D eigenvalue weighted by molar-refractivity contribution is 6.42. The lowest BCUT2D eigenvalue weighted by molar-refractivity contribution is 0.584. The van der Waals surface area contributed by atoms with Gasteiger partial charge in [-0.05, 0) is 69.1 Å². The number of aromatic nitrogens is 2. The predicted octanol–water partition coefficient (Wildman–Crippen LogP) is 9.19.